The first-order valence-electron chi connectivity index (χ1n) is 8.21. The quantitative estimate of drug-likeness (QED) is 0.816. The second-order valence-electron chi connectivity index (χ2n) is 6.04. The van der Waals surface area contributed by atoms with E-state index in [9.17, 15) is 4.79 Å². The Morgan fingerprint density at radius 1 is 1.21 bits per heavy atom. The molecular weight excluding hydrogens is 324 g/mol. The second kappa shape index (κ2) is 7.18. The number of nitrogens with two attached hydrogens (primary N) is 1. The number of fused-ring (bicyclic) bond motifs is 1. The van der Waals surface area contributed by atoms with Crippen molar-refractivity contribution in [3.05, 3.63) is 46.8 Å². The molecule has 24 heavy (non-hydrogen) atoms. The third kappa shape index (κ3) is 3.36. The largest absolute Gasteiger partial charge is 0.383 e. The van der Waals surface area contributed by atoms with Gasteiger partial charge in [-0.15, -0.1) is 11.6 Å². The lowest BCUT2D eigenvalue weighted by Gasteiger charge is -2.17. The number of benzene rings is 1. The summed E-state index contributed by atoms with van der Waals surface area (Å²) in [6.45, 7) is 2.61. The lowest BCUT2D eigenvalue weighted by atomic mass is 10.1. The van der Waals surface area contributed by atoms with Gasteiger partial charge in [-0.05, 0) is 17.5 Å². The van der Waals surface area contributed by atoms with Crippen LogP contribution in [0.4, 0.5) is 11.6 Å². The van der Waals surface area contributed by atoms with Gasteiger partial charge in [0.15, 0.2) is 0 Å². The van der Waals surface area contributed by atoms with Crippen LogP contribution in [0.25, 0.3) is 0 Å². The number of amides is 1. The summed E-state index contributed by atoms with van der Waals surface area (Å²) >= 11 is 5.82. The van der Waals surface area contributed by atoms with Crippen LogP contribution in [0.5, 0.6) is 0 Å². The van der Waals surface area contributed by atoms with Gasteiger partial charge in [-0.3, -0.25) is 9.69 Å². The van der Waals surface area contributed by atoms with E-state index in [0.717, 1.165) is 36.0 Å². The predicted octanol–water partition coefficient (Wildman–Crippen LogP) is 3.23. The third-order valence-corrected chi connectivity index (χ3v) is 4.53. The average molecular weight is 345 g/mol. The monoisotopic (exact) mass is 344 g/mol. The number of anilines is 2. The van der Waals surface area contributed by atoms with E-state index in [-0.39, 0.29) is 12.3 Å². The number of carbonyl (C=O) groups excluding carboxylic acids is 1. The van der Waals surface area contributed by atoms with E-state index >= 15 is 0 Å². The summed E-state index contributed by atoms with van der Waals surface area (Å²) in [6.07, 6.45) is 3.12. The van der Waals surface area contributed by atoms with Crippen molar-refractivity contribution in [2.75, 3.05) is 10.6 Å². The molecule has 2 aromatic rings. The zero-order valence-corrected chi connectivity index (χ0v) is 14.5. The van der Waals surface area contributed by atoms with Crippen molar-refractivity contribution in [2.24, 2.45) is 0 Å². The number of alkyl halides is 1. The van der Waals surface area contributed by atoms with E-state index < -0.39 is 0 Å². The number of nitrogens with zero attached hydrogens (tertiary/aromatic N) is 3. The highest BCUT2D eigenvalue weighted by atomic mass is 35.5. The molecule has 126 valence electrons. The molecule has 2 N–H and O–H groups in total. The Morgan fingerprint density at radius 2 is 1.92 bits per heavy atom. The van der Waals surface area contributed by atoms with Gasteiger partial charge in [0.2, 0.25) is 5.91 Å². The Bertz CT molecular complexity index is 745. The van der Waals surface area contributed by atoms with Crippen LogP contribution >= 0.6 is 11.6 Å². The Hall–Kier alpha value is -2.14. The van der Waals surface area contributed by atoms with Crippen molar-refractivity contribution in [3.8, 4) is 0 Å². The van der Waals surface area contributed by atoms with Gasteiger partial charge < -0.3 is 5.73 Å². The van der Waals surface area contributed by atoms with Crippen molar-refractivity contribution in [1.29, 1.82) is 0 Å². The highest BCUT2D eigenvalue weighted by Gasteiger charge is 2.31. The average Bonchev–Trinajstić information content (AvgIpc) is 2.90. The first-order chi connectivity index (χ1) is 11.6. The Morgan fingerprint density at radius 3 is 2.58 bits per heavy atom. The minimum atomic E-state index is 0.0139. The highest BCUT2D eigenvalue weighted by Crippen LogP contribution is 2.32. The van der Waals surface area contributed by atoms with Crippen LogP contribution in [0.1, 0.15) is 42.3 Å². The molecule has 0 aliphatic carbocycles. The number of halogens is 1. The van der Waals surface area contributed by atoms with Crippen LogP contribution in [0.2, 0.25) is 0 Å². The van der Waals surface area contributed by atoms with Crippen molar-refractivity contribution < 1.29 is 4.79 Å². The molecule has 0 fully saturated rings. The molecule has 0 radical (unpaired) electrons. The number of nitrogen functional groups attached to an aromatic ring is 1. The number of aromatic nitrogens is 2. The molecule has 5 nitrogen and oxygen atoms in total. The second-order valence-corrected chi connectivity index (χ2v) is 6.30. The number of aryl methyl sites for hydroxylation is 1. The number of hydrogen-bond acceptors (Lipinski definition) is 4. The van der Waals surface area contributed by atoms with Gasteiger partial charge in [0.05, 0.1) is 13.0 Å². The summed E-state index contributed by atoms with van der Waals surface area (Å²) in [7, 11) is 0. The Balaban J connectivity index is 1.87. The summed E-state index contributed by atoms with van der Waals surface area (Å²) in [5.74, 6) is 2.31. The summed E-state index contributed by atoms with van der Waals surface area (Å²) < 4.78 is 0. The number of unbranched alkanes of at least 4 members (excludes halogenated alkanes) is 1. The van der Waals surface area contributed by atoms with Gasteiger partial charge in [0, 0.05) is 17.9 Å². The van der Waals surface area contributed by atoms with Gasteiger partial charge >= 0.3 is 0 Å². The van der Waals surface area contributed by atoms with E-state index in [2.05, 4.69) is 16.9 Å². The molecule has 1 aromatic carbocycles. The van der Waals surface area contributed by atoms with Gasteiger partial charge in [0.25, 0.3) is 0 Å². The van der Waals surface area contributed by atoms with Gasteiger partial charge in [0.1, 0.15) is 17.5 Å². The molecule has 0 unspecified atom stereocenters. The van der Waals surface area contributed by atoms with Gasteiger partial charge in [-0.2, -0.15) is 0 Å². The maximum atomic E-state index is 12.4. The molecule has 0 saturated heterocycles. The van der Waals surface area contributed by atoms with E-state index in [1.54, 1.807) is 4.90 Å². The minimum Gasteiger partial charge on any atom is -0.383 e. The summed E-state index contributed by atoms with van der Waals surface area (Å²) in [6, 6.07) is 7.94. The summed E-state index contributed by atoms with van der Waals surface area (Å²) in [5, 5.41) is 0. The fourth-order valence-corrected chi connectivity index (χ4v) is 3.00. The lowest BCUT2D eigenvalue weighted by Crippen LogP contribution is -2.26. The van der Waals surface area contributed by atoms with E-state index in [4.69, 9.17) is 17.3 Å². The van der Waals surface area contributed by atoms with Crippen molar-refractivity contribution in [2.45, 2.75) is 45.0 Å². The molecule has 0 spiro atoms. The molecule has 0 bridgehead atoms. The van der Waals surface area contributed by atoms with Crippen LogP contribution in [0.3, 0.4) is 0 Å². The molecule has 0 saturated carbocycles. The number of hydrogen-bond donors (Lipinski definition) is 1. The van der Waals surface area contributed by atoms with Gasteiger partial charge in [-0.1, -0.05) is 37.6 Å². The predicted molar refractivity (Wildman–Crippen MR) is 95.9 cm³/mol. The van der Waals surface area contributed by atoms with Crippen molar-refractivity contribution in [3.63, 3.8) is 0 Å². The van der Waals surface area contributed by atoms with Crippen LogP contribution < -0.4 is 10.6 Å². The number of rotatable bonds is 6. The van der Waals surface area contributed by atoms with Crippen LogP contribution in [0, 0.1) is 0 Å². The van der Waals surface area contributed by atoms with Crippen molar-refractivity contribution >= 4 is 29.1 Å². The zero-order chi connectivity index (χ0) is 17.1. The molecule has 1 aromatic heterocycles. The van der Waals surface area contributed by atoms with Crippen molar-refractivity contribution in [1.82, 2.24) is 9.97 Å². The summed E-state index contributed by atoms with van der Waals surface area (Å²) in [5.41, 5.74) is 8.90. The minimum absolute atomic E-state index is 0.0139. The molecule has 6 heteroatoms. The lowest BCUT2D eigenvalue weighted by molar-refractivity contribution is -0.117. The smallest absolute Gasteiger partial charge is 0.233 e. The molecule has 1 amide bonds. The molecular formula is C18H21ClN4O. The summed E-state index contributed by atoms with van der Waals surface area (Å²) in [4.78, 5) is 23.1. The molecule has 2 heterocycles. The Kier molecular flexibility index (Phi) is 5.00. The first-order valence-corrected chi connectivity index (χ1v) is 8.75. The highest BCUT2D eigenvalue weighted by molar-refractivity contribution is 6.17. The van der Waals surface area contributed by atoms with Crippen LogP contribution in [-0.2, 0) is 30.1 Å². The topological polar surface area (TPSA) is 72.1 Å². The maximum Gasteiger partial charge on any atom is 0.233 e. The van der Waals surface area contributed by atoms with E-state index in [1.165, 1.54) is 0 Å². The molecule has 1 aliphatic rings. The fraction of sp³-hybridized carbons (Fsp3) is 0.389. The molecule has 0 atom stereocenters. The number of carbonyl (C=O) groups is 1. The Labute approximate surface area is 146 Å². The SMILES string of the molecule is CCCCc1nc(N)c2c(n1)N(Cc1ccc(CCl)cc1)C(=O)C2. The zero-order valence-electron chi connectivity index (χ0n) is 13.8. The maximum absolute atomic E-state index is 12.4. The standard InChI is InChI=1S/C18H21ClN4O/c1-2-3-4-15-21-17(20)14-9-16(24)23(18(14)22-15)11-13-7-5-12(10-19)6-8-13/h5-8H,2-4,9-11H2,1H3,(H2,20,21,22). The fourth-order valence-electron chi connectivity index (χ4n) is 2.82. The van der Waals surface area contributed by atoms with Gasteiger partial charge in [-0.25, -0.2) is 9.97 Å². The first kappa shape index (κ1) is 16.7. The normalized spacial score (nSPS) is 13.4. The van der Waals surface area contributed by atoms with Crippen LogP contribution in [-0.4, -0.2) is 15.9 Å². The molecule has 3 rings (SSSR count). The third-order valence-electron chi connectivity index (χ3n) is 4.22. The molecule has 1 aliphatic heterocycles. The van der Waals surface area contributed by atoms with Crippen LogP contribution in [0.15, 0.2) is 24.3 Å². The van der Waals surface area contributed by atoms with E-state index in [1.807, 2.05) is 24.3 Å². The van der Waals surface area contributed by atoms with E-state index in [0.29, 0.717) is 29.9 Å².